The number of aliphatic hydroxyl groups is 2. The second-order valence-corrected chi connectivity index (χ2v) is 10.6. The van der Waals surface area contributed by atoms with E-state index < -0.39 is 34.8 Å². The van der Waals surface area contributed by atoms with Crippen LogP contribution >= 0.6 is 0 Å². The van der Waals surface area contributed by atoms with Gasteiger partial charge in [0.25, 0.3) is 0 Å². The van der Waals surface area contributed by atoms with Crippen LogP contribution in [-0.4, -0.2) is 33.5 Å². The van der Waals surface area contributed by atoms with Gasteiger partial charge in [-0.15, -0.1) is 0 Å². The highest BCUT2D eigenvalue weighted by Crippen LogP contribution is 2.53. The van der Waals surface area contributed by atoms with Gasteiger partial charge in [-0.2, -0.15) is 0 Å². The first-order valence-corrected chi connectivity index (χ1v) is 12.3. The minimum absolute atomic E-state index is 0.0331. The molecule has 3 atom stereocenters. The lowest BCUT2D eigenvalue weighted by atomic mass is 9.60. The SMILES string of the molecule is CC(C)=CCC1(CC=C(C)C)C(=O)[C@](O)(CC=C(C)C)C(=O)C2=C1O[C@H](c1ccccc1)C[C@H]2O. The van der Waals surface area contributed by atoms with Crippen molar-refractivity contribution in [2.75, 3.05) is 0 Å². The minimum atomic E-state index is -2.26. The van der Waals surface area contributed by atoms with Crippen molar-refractivity contribution in [2.45, 2.75) is 85.0 Å². The van der Waals surface area contributed by atoms with Crippen LogP contribution < -0.4 is 0 Å². The molecule has 0 fully saturated rings. The molecule has 1 aromatic rings. The van der Waals surface area contributed by atoms with Crippen LogP contribution in [-0.2, 0) is 14.3 Å². The number of hydrogen-bond acceptors (Lipinski definition) is 5. The standard InChI is InChI=1S/C30H38O5/c1-19(2)12-15-29(16-13-20(3)4)27-25(26(32)30(34,28(29)33)17-14-21(5)6)23(31)18-24(35-27)22-10-8-7-9-11-22/h7-14,23-24,31,34H,15-18H2,1-6H3/t23-,24+,30+/m1/s1. The van der Waals surface area contributed by atoms with Gasteiger partial charge in [0.05, 0.1) is 17.1 Å². The summed E-state index contributed by atoms with van der Waals surface area (Å²) in [5.74, 6) is -1.11. The summed E-state index contributed by atoms with van der Waals surface area (Å²) in [6, 6.07) is 9.51. The van der Waals surface area contributed by atoms with Crippen molar-refractivity contribution in [1.29, 1.82) is 0 Å². The van der Waals surface area contributed by atoms with Crippen molar-refractivity contribution in [2.24, 2.45) is 5.41 Å². The Morgan fingerprint density at radius 3 is 1.94 bits per heavy atom. The molecular weight excluding hydrogens is 440 g/mol. The van der Waals surface area contributed by atoms with Crippen LogP contribution in [0.1, 0.15) is 78.9 Å². The molecule has 5 nitrogen and oxygen atoms in total. The van der Waals surface area contributed by atoms with E-state index in [9.17, 15) is 19.8 Å². The predicted molar refractivity (Wildman–Crippen MR) is 137 cm³/mol. The zero-order valence-corrected chi connectivity index (χ0v) is 21.7. The van der Waals surface area contributed by atoms with Gasteiger partial charge in [0, 0.05) is 12.8 Å². The molecule has 2 aliphatic rings. The van der Waals surface area contributed by atoms with E-state index in [1.807, 2.05) is 84.0 Å². The fourth-order valence-electron chi connectivity index (χ4n) is 4.80. The molecule has 1 aliphatic heterocycles. The summed E-state index contributed by atoms with van der Waals surface area (Å²) >= 11 is 0. The molecule has 1 aliphatic carbocycles. The van der Waals surface area contributed by atoms with E-state index in [1.54, 1.807) is 6.08 Å². The Kier molecular flexibility index (Phi) is 8.03. The van der Waals surface area contributed by atoms with E-state index in [0.717, 1.165) is 22.3 Å². The molecule has 0 unspecified atom stereocenters. The van der Waals surface area contributed by atoms with Gasteiger partial charge in [0.15, 0.2) is 11.4 Å². The number of rotatable bonds is 7. The van der Waals surface area contributed by atoms with Gasteiger partial charge in [0.2, 0.25) is 5.78 Å². The Balaban J connectivity index is 2.29. The highest BCUT2D eigenvalue weighted by Gasteiger charge is 2.63. The van der Waals surface area contributed by atoms with E-state index in [0.29, 0.717) is 0 Å². The Morgan fingerprint density at radius 1 is 0.914 bits per heavy atom. The van der Waals surface area contributed by atoms with Crippen molar-refractivity contribution in [3.8, 4) is 0 Å². The topological polar surface area (TPSA) is 83.8 Å². The summed E-state index contributed by atoms with van der Waals surface area (Å²) in [6.07, 6.45) is 4.49. The third-order valence-electron chi connectivity index (χ3n) is 6.84. The largest absolute Gasteiger partial charge is 0.488 e. The van der Waals surface area contributed by atoms with Gasteiger partial charge in [-0.25, -0.2) is 0 Å². The lowest BCUT2D eigenvalue weighted by molar-refractivity contribution is -0.162. The van der Waals surface area contributed by atoms with Crippen LogP contribution in [0.5, 0.6) is 0 Å². The van der Waals surface area contributed by atoms with E-state index in [4.69, 9.17) is 4.74 Å². The normalized spacial score (nSPS) is 25.4. The molecule has 1 aromatic carbocycles. The first-order valence-electron chi connectivity index (χ1n) is 12.3. The highest BCUT2D eigenvalue weighted by molar-refractivity contribution is 6.23. The van der Waals surface area contributed by atoms with Crippen LogP contribution in [0.2, 0.25) is 0 Å². The first-order chi connectivity index (χ1) is 16.4. The molecule has 2 N–H and O–H groups in total. The second kappa shape index (κ2) is 10.5. The van der Waals surface area contributed by atoms with Gasteiger partial charge in [0.1, 0.15) is 11.9 Å². The van der Waals surface area contributed by atoms with E-state index in [-0.39, 0.29) is 37.0 Å². The third-order valence-corrected chi connectivity index (χ3v) is 6.84. The Bertz CT molecular complexity index is 1070. The van der Waals surface area contributed by atoms with Crippen LogP contribution in [0.15, 0.2) is 76.6 Å². The van der Waals surface area contributed by atoms with Gasteiger partial charge in [-0.05, 0) is 59.9 Å². The third kappa shape index (κ3) is 5.26. The number of aliphatic hydroxyl groups excluding tert-OH is 1. The van der Waals surface area contributed by atoms with Crippen molar-refractivity contribution < 1.29 is 24.5 Å². The van der Waals surface area contributed by atoms with Crippen LogP contribution in [0.25, 0.3) is 0 Å². The Hall–Kier alpha value is -2.76. The number of ketones is 2. The van der Waals surface area contributed by atoms with Crippen LogP contribution in [0.3, 0.4) is 0 Å². The molecule has 3 rings (SSSR count). The molecule has 5 heteroatoms. The molecule has 0 aromatic heterocycles. The molecule has 0 saturated carbocycles. The number of carbonyl (C=O) groups excluding carboxylic acids is 2. The highest BCUT2D eigenvalue weighted by atomic mass is 16.5. The minimum Gasteiger partial charge on any atom is -0.488 e. The maximum absolute atomic E-state index is 14.3. The van der Waals surface area contributed by atoms with Crippen molar-refractivity contribution in [3.63, 3.8) is 0 Å². The summed E-state index contributed by atoms with van der Waals surface area (Å²) in [5.41, 5.74) is 0.242. The zero-order valence-electron chi connectivity index (χ0n) is 21.7. The van der Waals surface area contributed by atoms with Gasteiger partial charge in [-0.3, -0.25) is 9.59 Å². The lowest BCUT2D eigenvalue weighted by Crippen LogP contribution is -2.61. The molecule has 0 amide bonds. The van der Waals surface area contributed by atoms with Crippen LogP contribution in [0.4, 0.5) is 0 Å². The molecular formula is C30H38O5. The molecule has 188 valence electrons. The van der Waals surface area contributed by atoms with E-state index >= 15 is 0 Å². The second-order valence-electron chi connectivity index (χ2n) is 10.6. The molecule has 0 bridgehead atoms. The van der Waals surface area contributed by atoms with Crippen molar-refractivity contribution in [3.05, 3.63) is 82.2 Å². The average molecular weight is 479 g/mol. The maximum atomic E-state index is 14.3. The van der Waals surface area contributed by atoms with E-state index in [1.165, 1.54) is 0 Å². The summed E-state index contributed by atoms with van der Waals surface area (Å²) in [5, 5.41) is 22.9. The van der Waals surface area contributed by atoms with Crippen LogP contribution in [0, 0.1) is 5.41 Å². The average Bonchev–Trinajstić information content (AvgIpc) is 2.81. The van der Waals surface area contributed by atoms with Gasteiger partial charge in [-0.1, -0.05) is 65.3 Å². The first kappa shape index (κ1) is 26.8. The number of Topliss-reactive ketones (excluding diaryl/α,β-unsaturated/α-hetero) is 2. The summed E-state index contributed by atoms with van der Waals surface area (Å²) in [6.45, 7) is 11.5. The Labute approximate surface area is 208 Å². The van der Waals surface area contributed by atoms with E-state index in [2.05, 4.69) is 0 Å². The summed E-state index contributed by atoms with van der Waals surface area (Å²) < 4.78 is 6.48. The fourth-order valence-corrected chi connectivity index (χ4v) is 4.80. The smallest absolute Gasteiger partial charge is 0.204 e. The zero-order chi connectivity index (χ0) is 26.0. The number of allylic oxidation sites excluding steroid dienone is 6. The lowest BCUT2D eigenvalue weighted by Gasteiger charge is -2.48. The number of carbonyl (C=O) groups is 2. The van der Waals surface area contributed by atoms with Crippen molar-refractivity contribution in [1.82, 2.24) is 0 Å². The molecule has 0 saturated heterocycles. The number of benzene rings is 1. The Morgan fingerprint density at radius 2 is 1.43 bits per heavy atom. The van der Waals surface area contributed by atoms with Crippen molar-refractivity contribution >= 4 is 11.6 Å². The maximum Gasteiger partial charge on any atom is 0.204 e. The molecule has 0 spiro atoms. The molecule has 35 heavy (non-hydrogen) atoms. The predicted octanol–water partition coefficient (Wildman–Crippen LogP) is 5.70. The summed E-state index contributed by atoms with van der Waals surface area (Å²) in [7, 11) is 0. The quantitative estimate of drug-likeness (QED) is 0.388. The molecule has 1 heterocycles. The summed E-state index contributed by atoms with van der Waals surface area (Å²) in [4.78, 5) is 28.0. The molecule has 0 radical (unpaired) electrons. The van der Waals surface area contributed by atoms with Gasteiger partial charge >= 0.3 is 0 Å². The number of ether oxygens (including phenoxy) is 1. The monoisotopic (exact) mass is 478 g/mol. The number of hydrogen-bond donors (Lipinski definition) is 2. The fraction of sp³-hybridized carbons (Fsp3) is 0.467. The van der Waals surface area contributed by atoms with Gasteiger partial charge < -0.3 is 14.9 Å².